The molecule has 0 amide bonds. The molecule has 0 radical (unpaired) electrons. The molecule has 20 heavy (non-hydrogen) atoms. The standard InChI is InChI=1S/C16H24O3S/c1-4-13(7-10-15(17)5-2)14-8-11-16(12-9-14)20(18,19)6-3/h8-9,11-13H,4-7,10H2,1-3H3. The van der Waals surface area contributed by atoms with Crippen molar-refractivity contribution in [2.75, 3.05) is 5.75 Å². The van der Waals surface area contributed by atoms with Crippen molar-refractivity contribution in [1.82, 2.24) is 0 Å². The number of hydrogen-bond donors (Lipinski definition) is 0. The third-order valence-corrected chi connectivity index (χ3v) is 5.50. The summed E-state index contributed by atoms with van der Waals surface area (Å²) in [5.74, 6) is 0.728. The van der Waals surface area contributed by atoms with Crippen molar-refractivity contribution < 1.29 is 13.2 Å². The van der Waals surface area contributed by atoms with Crippen LogP contribution in [0.15, 0.2) is 29.2 Å². The Hall–Kier alpha value is -1.16. The van der Waals surface area contributed by atoms with Crippen molar-refractivity contribution in [3.63, 3.8) is 0 Å². The Labute approximate surface area is 122 Å². The summed E-state index contributed by atoms with van der Waals surface area (Å²) in [4.78, 5) is 11.8. The Morgan fingerprint density at radius 2 is 1.70 bits per heavy atom. The largest absolute Gasteiger partial charge is 0.300 e. The highest BCUT2D eigenvalue weighted by atomic mass is 32.2. The van der Waals surface area contributed by atoms with Crippen molar-refractivity contribution >= 4 is 15.6 Å². The molecule has 112 valence electrons. The molecule has 0 bridgehead atoms. The average Bonchev–Trinajstić information content (AvgIpc) is 2.48. The van der Waals surface area contributed by atoms with Crippen LogP contribution in [0.25, 0.3) is 0 Å². The number of carbonyl (C=O) groups is 1. The molecule has 0 fully saturated rings. The molecular weight excluding hydrogens is 272 g/mol. The molecule has 1 unspecified atom stereocenters. The van der Waals surface area contributed by atoms with Gasteiger partial charge in [-0.25, -0.2) is 8.42 Å². The fraction of sp³-hybridized carbons (Fsp3) is 0.562. The summed E-state index contributed by atoms with van der Waals surface area (Å²) < 4.78 is 23.5. The number of ketones is 1. The van der Waals surface area contributed by atoms with Crippen LogP contribution in [0, 0.1) is 0 Å². The predicted octanol–water partition coefficient (Wildman–Crippen LogP) is 3.73. The van der Waals surface area contributed by atoms with Gasteiger partial charge in [-0.1, -0.05) is 32.9 Å². The van der Waals surface area contributed by atoms with Gasteiger partial charge in [-0.3, -0.25) is 4.79 Å². The second-order valence-electron chi connectivity index (χ2n) is 5.01. The third-order valence-electron chi connectivity index (χ3n) is 3.75. The van der Waals surface area contributed by atoms with E-state index in [1.165, 1.54) is 0 Å². The zero-order valence-electron chi connectivity index (χ0n) is 12.6. The van der Waals surface area contributed by atoms with Crippen LogP contribution in [-0.4, -0.2) is 20.0 Å². The quantitative estimate of drug-likeness (QED) is 0.734. The van der Waals surface area contributed by atoms with E-state index in [1.54, 1.807) is 19.1 Å². The Kier molecular flexibility index (Phi) is 6.40. The zero-order valence-corrected chi connectivity index (χ0v) is 13.4. The lowest BCUT2D eigenvalue weighted by Gasteiger charge is -2.15. The van der Waals surface area contributed by atoms with Crippen LogP contribution in [0.5, 0.6) is 0 Å². The Bertz CT molecular complexity index is 529. The normalized spacial score (nSPS) is 13.2. The maximum atomic E-state index is 11.8. The number of benzene rings is 1. The molecule has 0 saturated carbocycles. The zero-order chi connectivity index (χ0) is 15.2. The molecule has 0 saturated heterocycles. The molecule has 1 aromatic rings. The molecule has 1 atom stereocenters. The number of sulfone groups is 1. The Morgan fingerprint density at radius 1 is 1.10 bits per heavy atom. The number of hydrogen-bond acceptors (Lipinski definition) is 3. The van der Waals surface area contributed by atoms with Gasteiger partial charge in [0.1, 0.15) is 5.78 Å². The van der Waals surface area contributed by atoms with E-state index in [0.29, 0.717) is 23.7 Å². The molecule has 4 heteroatoms. The van der Waals surface area contributed by atoms with Gasteiger partial charge in [-0.2, -0.15) is 0 Å². The second kappa shape index (κ2) is 7.58. The van der Waals surface area contributed by atoms with E-state index in [2.05, 4.69) is 6.92 Å². The Morgan fingerprint density at radius 3 is 2.15 bits per heavy atom. The van der Waals surface area contributed by atoms with Crippen molar-refractivity contribution in [2.24, 2.45) is 0 Å². The highest BCUT2D eigenvalue weighted by Gasteiger charge is 2.14. The second-order valence-corrected chi connectivity index (χ2v) is 7.29. The van der Waals surface area contributed by atoms with Gasteiger partial charge in [0.25, 0.3) is 0 Å². The van der Waals surface area contributed by atoms with E-state index in [9.17, 15) is 13.2 Å². The van der Waals surface area contributed by atoms with Gasteiger partial charge >= 0.3 is 0 Å². The monoisotopic (exact) mass is 296 g/mol. The van der Waals surface area contributed by atoms with Gasteiger partial charge in [0.05, 0.1) is 10.6 Å². The molecule has 0 aliphatic carbocycles. The van der Waals surface area contributed by atoms with E-state index >= 15 is 0 Å². The smallest absolute Gasteiger partial charge is 0.178 e. The lowest BCUT2D eigenvalue weighted by Crippen LogP contribution is -2.05. The van der Waals surface area contributed by atoms with Crippen LogP contribution in [0.3, 0.4) is 0 Å². The summed E-state index contributed by atoms with van der Waals surface area (Å²) in [6, 6.07) is 7.12. The minimum Gasteiger partial charge on any atom is -0.300 e. The minimum absolute atomic E-state index is 0.120. The summed E-state index contributed by atoms with van der Waals surface area (Å²) in [6.07, 6.45) is 2.98. The summed E-state index contributed by atoms with van der Waals surface area (Å²) in [6.45, 7) is 5.62. The van der Waals surface area contributed by atoms with E-state index in [-0.39, 0.29) is 11.5 Å². The van der Waals surface area contributed by atoms with Crippen LogP contribution in [-0.2, 0) is 14.6 Å². The van der Waals surface area contributed by atoms with E-state index < -0.39 is 9.84 Å². The van der Waals surface area contributed by atoms with Crippen molar-refractivity contribution in [3.05, 3.63) is 29.8 Å². The van der Waals surface area contributed by atoms with Gasteiger partial charge in [0, 0.05) is 12.8 Å². The lowest BCUT2D eigenvalue weighted by atomic mass is 9.91. The first kappa shape index (κ1) is 16.9. The van der Waals surface area contributed by atoms with Crippen LogP contribution in [0.2, 0.25) is 0 Å². The molecule has 1 rings (SSSR count). The first-order valence-corrected chi connectivity index (χ1v) is 8.94. The van der Waals surface area contributed by atoms with E-state index in [1.807, 2.05) is 19.1 Å². The van der Waals surface area contributed by atoms with Gasteiger partial charge in [-0.15, -0.1) is 0 Å². The highest BCUT2D eigenvalue weighted by molar-refractivity contribution is 7.91. The maximum absolute atomic E-state index is 11.8. The molecule has 3 nitrogen and oxygen atoms in total. The van der Waals surface area contributed by atoms with Crippen LogP contribution in [0.1, 0.15) is 57.9 Å². The molecule has 0 N–H and O–H groups in total. The maximum Gasteiger partial charge on any atom is 0.178 e. The molecule has 1 aromatic carbocycles. The highest BCUT2D eigenvalue weighted by Crippen LogP contribution is 2.26. The minimum atomic E-state index is -3.13. The predicted molar refractivity (Wildman–Crippen MR) is 81.7 cm³/mol. The lowest BCUT2D eigenvalue weighted by molar-refractivity contribution is -0.118. The van der Waals surface area contributed by atoms with Crippen molar-refractivity contribution in [1.29, 1.82) is 0 Å². The topological polar surface area (TPSA) is 51.2 Å². The average molecular weight is 296 g/mol. The van der Waals surface area contributed by atoms with Crippen molar-refractivity contribution in [2.45, 2.75) is 57.3 Å². The summed E-state index contributed by atoms with van der Waals surface area (Å²) >= 11 is 0. The third kappa shape index (κ3) is 4.44. The first-order chi connectivity index (χ1) is 9.44. The fourth-order valence-electron chi connectivity index (χ4n) is 2.23. The summed E-state index contributed by atoms with van der Waals surface area (Å²) in [5, 5.41) is 0. The summed E-state index contributed by atoms with van der Waals surface area (Å²) in [5.41, 5.74) is 1.12. The van der Waals surface area contributed by atoms with Gasteiger partial charge in [-0.05, 0) is 36.5 Å². The first-order valence-electron chi connectivity index (χ1n) is 7.29. The van der Waals surface area contributed by atoms with Crippen molar-refractivity contribution in [3.8, 4) is 0 Å². The molecule has 0 aliphatic heterocycles. The van der Waals surface area contributed by atoms with Crippen LogP contribution < -0.4 is 0 Å². The van der Waals surface area contributed by atoms with Crippen LogP contribution in [0.4, 0.5) is 0 Å². The molecule has 0 aromatic heterocycles. The SMILES string of the molecule is CCC(=O)CCC(CC)c1ccc(S(=O)(=O)CC)cc1. The van der Waals surface area contributed by atoms with E-state index in [0.717, 1.165) is 18.4 Å². The molecule has 0 spiro atoms. The van der Waals surface area contributed by atoms with Gasteiger partial charge in [0.2, 0.25) is 0 Å². The van der Waals surface area contributed by atoms with Gasteiger partial charge in [0.15, 0.2) is 9.84 Å². The number of Topliss-reactive ketones (excluding diaryl/α,β-unsaturated/α-hetero) is 1. The van der Waals surface area contributed by atoms with Gasteiger partial charge < -0.3 is 0 Å². The number of carbonyl (C=O) groups excluding carboxylic acids is 1. The Balaban J connectivity index is 2.82. The van der Waals surface area contributed by atoms with Crippen LogP contribution >= 0.6 is 0 Å². The van der Waals surface area contributed by atoms with E-state index in [4.69, 9.17) is 0 Å². The molecular formula is C16H24O3S. The summed E-state index contributed by atoms with van der Waals surface area (Å²) in [7, 11) is -3.13. The fourth-order valence-corrected chi connectivity index (χ4v) is 3.12. The number of rotatable bonds is 8. The molecule has 0 aliphatic rings. The molecule has 0 heterocycles.